The lowest BCUT2D eigenvalue weighted by molar-refractivity contribution is 0.0515. The number of hydrogen-bond acceptors (Lipinski definition) is 3. The molecule has 0 bridgehead atoms. The summed E-state index contributed by atoms with van der Waals surface area (Å²) in [5.74, 6) is -1.93. The zero-order valence-corrected chi connectivity index (χ0v) is 8.75. The Balaban J connectivity index is 3.24. The predicted octanol–water partition coefficient (Wildman–Crippen LogP) is 2.21. The van der Waals surface area contributed by atoms with Crippen molar-refractivity contribution in [3.05, 3.63) is 34.3 Å². The number of rotatable bonds is 3. The number of ether oxygens (including phenoxy) is 1. The molecular weight excluding hydrogens is 220 g/mol. The molecule has 0 aliphatic carbocycles. The van der Waals surface area contributed by atoms with E-state index in [0.717, 1.165) is 0 Å². The number of carboxylic acids is 1. The number of carbonyl (C=O) groups is 2. The van der Waals surface area contributed by atoms with Gasteiger partial charge in [0.25, 0.3) is 0 Å². The van der Waals surface area contributed by atoms with Gasteiger partial charge in [-0.1, -0.05) is 17.7 Å². The van der Waals surface area contributed by atoms with Crippen molar-refractivity contribution in [2.75, 3.05) is 6.61 Å². The Morgan fingerprint density at radius 2 is 2.13 bits per heavy atom. The zero-order chi connectivity index (χ0) is 11.4. The van der Waals surface area contributed by atoms with Crippen molar-refractivity contribution >= 4 is 23.5 Å². The highest BCUT2D eigenvalue weighted by molar-refractivity contribution is 6.34. The van der Waals surface area contributed by atoms with Gasteiger partial charge in [0, 0.05) is 0 Å². The number of halogens is 1. The minimum atomic E-state index is -1.21. The van der Waals surface area contributed by atoms with Crippen LogP contribution in [0.4, 0.5) is 0 Å². The second kappa shape index (κ2) is 4.79. The maximum absolute atomic E-state index is 11.4. The second-order valence-corrected chi connectivity index (χ2v) is 3.10. The minimum absolute atomic E-state index is 0.0772. The van der Waals surface area contributed by atoms with Gasteiger partial charge in [0.15, 0.2) is 0 Å². The van der Waals surface area contributed by atoms with Gasteiger partial charge in [-0.3, -0.25) is 0 Å². The summed E-state index contributed by atoms with van der Waals surface area (Å²) >= 11 is 5.74. The molecule has 1 aromatic rings. The van der Waals surface area contributed by atoms with Gasteiger partial charge in [0.1, 0.15) is 0 Å². The van der Waals surface area contributed by atoms with Crippen molar-refractivity contribution in [3.8, 4) is 0 Å². The van der Waals surface area contributed by atoms with E-state index in [-0.39, 0.29) is 22.8 Å². The highest BCUT2D eigenvalue weighted by atomic mass is 35.5. The van der Waals surface area contributed by atoms with Gasteiger partial charge in [-0.05, 0) is 19.1 Å². The van der Waals surface area contributed by atoms with E-state index in [1.54, 1.807) is 6.92 Å². The summed E-state index contributed by atoms with van der Waals surface area (Å²) in [7, 11) is 0. The van der Waals surface area contributed by atoms with Crippen LogP contribution in [0.5, 0.6) is 0 Å². The van der Waals surface area contributed by atoms with Gasteiger partial charge in [-0.25, -0.2) is 9.59 Å². The third-order valence-electron chi connectivity index (χ3n) is 1.72. The van der Waals surface area contributed by atoms with Crippen molar-refractivity contribution < 1.29 is 19.4 Å². The average molecular weight is 229 g/mol. The molecule has 4 nitrogen and oxygen atoms in total. The molecular formula is C10H9ClO4. The van der Waals surface area contributed by atoms with Crippen LogP contribution >= 0.6 is 11.6 Å². The molecule has 0 aliphatic heterocycles. The van der Waals surface area contributed by atoms with Gasteiger partial charge < -0.3 is 9.84 Å². The quantitative estimate of drug-likeness (QED) is 0.806. The largest absolute Gasteiger partial charge is 0.478 e. The zero-order valence-electron chi connectivity index (χ0n) is 7.99. The van der Waals surface area contributed by atoms with Crippen LogP contribution in [0.3, 0.4) is 0 Å². The molecule has 0 aromatic heterocycles. The Kier molecular flexibility index (Phi) is 3.68. The van der Waals surface area contributed by atoms with Crippen molar-refractivity contribution in [2.45, 2.75) is 6.92 Å². The van der Waals surface area contributed by atoms with E-state index in [1.165, 1.54) is 18.2 Å². The molecule has 0 radical (unpaired) electrons. The second-order valence-electron chi connectivity index (χ2n) is 2.69. The highest BCUT2D eigenvalue weighted by Gasteiger charge is 2.20. The molecule has 0 amide bonds. The molecule has 80 valence electrons. The normalized spacial score (nSPS) is 9.73. The van der Waals surface area contributed by atoms with Crippen molar-refractivity contribution in [1.29, 1.82) is 0 Å². The van der Waals surface area contributed by atoms with Crippen LogP contribution < -0.4 is 0 Å². The molecule has 5 heteroatoms. The molecule has 15 heavy (non-hydrogen) atoms. The number of benzene rings is 1. The summed E-state index contributed by atoms with van der Waals surface area (Å²) in [5.41, 5.74) is -0.255. The van der Waals surface area contributed by atoms with E-state index >= 15 is 0 Å². The van der Waals surface area contributed by atoms with E-state index < -0.39 is 11.9 Å². The Bertz CT molecular complexity index is 400. The van der Waals surface area contributed by atoms with Crippen LogP contribution in [0, 0.1) is 0 Å². The number of hydrogen-bond donors (Lipinski definition) is 1. The molecule has 1 N–H and O–H groups in total. The fourth-order valence-electron chi connectivity index (χ4n) is 1.11. The lowest BCUT2D eigenvalue weighted by Crippen LogP contribution is -2.12. The van der Waals surface area contributed by atoms with Gasteiger partial charge >= 0.3 is 11.9 Å². The van der Waals surface area contributed by atoms with Gasteiger partial charge in [-0.15, -0.1) is 0 Å². The van der Waals surface area contributed by atoms with Crippen molar-refractivity contribution in [3.63, 3.8) is 0 Å². The first-order valence-electron chi connectivity index (χ1n) is 4.26. The van der Waals surface area contributed by atoms with Gasteiger partial charge in [0.05, 0.1) is 22.8 Å². The molecule has 1 rings (SSSR count). The minimum Gasteiger partial charge on any atom is -0.478 e. The van der Waals surface area contributed by atoms with E-state index in [1.807, 2.05) is 0 Å². The average Bonchev–Trinajstić information content (AvgIpc) is 2.17. The molecule has 0 heterocycles. The van der Waals surface area contributed by atoms with Gasteiger partial charge in [-0.2, -0.15) is 0 Å². The monoisotopic (exact) mass is 228 g/mol. The molecule has 0 atom stereocenters. The SMILES string of the molecule is CCOC(=O)c1c(Cl)cccc1C(=O)O. The number of carboxylic acid groups (broad SMARTS) is 1. The van der Waals surface area contributed by atoms with Crippen molar-refractivity contribution in [1.82, 2.24) is 0 Å². The third-order valence-corrected chi connectivity index (χ3v) is 2.04. The lowest BCUT2D eigenvalue weighted by atomic mass is 10.1. The summed E-state index contributed by atoms with van der Waals surface area (Å²) in [6.45, 7) is 1.80. The topological polar surface area (TPSA) is 63.6 Å². The standard InChI is InChI=1S/C10H9ClO4/c1-2-15-10(14)8-6(9(12)13)4-3-5-7(8)11/h3-5H,2H2,1H3,(H,12,13). The maximum Gasteiger partial charge on any atom is 0.340 e. The first-order chi connectivity index (χ1) is 7.07. The molecule has 0 saturated heterocycles. The van der Waals surface area contributed by atoms with E-state index in [2.05, 4.69) is 0 Å². The third kappa shape index (κ3) is 2.47. The van der Waals surface area contributed by atoms with E-state index in [0.29, 0.717) is 0 Å². The molecule has 1 aromatic carbocycles. The Morgan fingerprint density at radius 1 is 1.47 bits per heavy atom. The summed E-state index contributed by atoms with van der Waals surface area (Å²) in [6.07, 6.45) is 0. The Morgan fingerprint density at radius 3 is 2.67 bits per heavy atom. The maximum atomic E-state index is 11.4. The summed E-state index contributed by atoms with van der Waals surface area (Å²) in [5, 5.41) is 8.92. The lowest BCUT2D eigenvalue weighted by Gasteiger charge is -2.06. The highest BCUT2D eigenvalue weighted by Crippen LogP contribution is 2.21. The molecule has 0 aliphatic rings. The first-order valence-corrected chi connectivity index (χ1v) is 4.64. The molecule has 0 saturated carbocycles. The fourth-order valence-corrected chi connectivity index (χ4v) is 1.36. The predicted molar refractivity (Wildman–Crippen MR) is 54.4 cm³/mol. The summed E-state index contributed by atoms with van der Waals surface area (Å²) in [4.78, 5) is 22.2. The van der Waals surface area contributed by atoms with Crippen LogP contribution in [0.15, 0.2) is 18.2 Å². The molecule has 0 unspecified atom stereocenters. The van der Waals surface area contributed by atoms with E-state index in [4.69, 9.17) is 21.4 Å². The van der Waals surface area contributed by atoms with Crippen LogP contribution in [0.2, 0.25) is 5.02 Å². The summed E-state index contributed by atoms with van der Waals surface area (Å²) < 4.78 is 4.71. The Labute approximate surface area is 91.4 Å². The van der Waals surface area contributed by atoms with E-state index in [9.17, 15) is 9.59 Å². The molecule has 0 spiro atoms. The molecule has 0 fully saturated rings. The van der Waals surface area contributed by atoms with Crippen LogP contribution in [0.1, 0.15) is 27.6 Å². The van der Waals surface area contributed by atoms with Gasteiger partial charge in [0.2, 0.25) is 0 Å². The van der Waals surface area contributed by atoms with Crippen molar-refractivity contribution in [2.24, 2.45) is 0 Å². The number of esters is 1. The first kappa shape index (κ1) is 11.5. The van der Waals surface area contributed by atoms with Crippen LogP contribution in [0.25, 0.3) is 0 Å². The Hall–Kier alpha value is -1.55. The summed E-state index contributed by atoms with van der Waals surface area (Å²) in [6, 6.07) is 4.22. The number of carbonyl (C=O) groups excluding carboxylic acids is 1. The smallest absolute Gasteiger partial charge is 0.340 e. The number of aromatic carboxylic acids is 1. The van der Waals surface area contributed by atoms with Crippen LogP contribution in [-0.2, 0) is 4.74 Å². The van der Waals surface area contributed by atoms with Crippen LogP contribution in [-0.4, -0.2) is 23.7 Å². The fraction of sp³-hybridized carbons (Fsp3) is 0.200.